The van der Waals surface area contributed by atoms with Crippen molar-refractivity contribution < 1.29 is 74.3 Å². The smallest absolute Gasteiger partial charge is 0.320 e. The molecule has 1 saturated heterocycles. The molecule has 448 valence electrons. The largest absolute Gasteiger partial charge is 0.459 e. The highest BCUT2D eigenvalue weighted by atomic mass is 31.2. The molecule has 2 aromatic rings. The summed E-state index contributed by atoms with van der Waals surface area (Å²) in [6, 6.07) is 7.66. The van der Waals surface area contributed by atoms with Gasteiger partial charge in [-0.2, -0.15) is 8.78 Å². The molecule has 2 atom stereocenters. The van der Waals surface area contributed by atoms with Crippen molar-refractivity contribution in [3.8, 4) is 5.75 Å². The summed E-state index contributed by atoms with van der Waals surface area (Å²) in [5.74, 6) is -11.2. The van der Waals surface area contributed by atoms with E-state index < -0.39 is 100 Å². The van der Waals surface area contributed by atoms with E-state index in [4.69, 9.17) is 23.5 Å². The van der Waals surface area contributed by atoms with Crippen molar-refractivity contribution in [2.24, 2.45) is 0 Å². The Kier molecular flexibility index (Phi) is 26.1. The Labute approximate surface area is 467 Å². The van der Waals surface area contributed by atoms with Crippen LogP contribution in [-0.4, -0.2) is 168 Å². The van der Waals surface area contributed by atoms with Crippen LogP contribution in [0.4, 0.5) is 17.6 Å². The van der Waals surface area contributed by atoms with Crippen molar-refractivity contribution >= 4 is 37.2 Å². The third-order valence-electron chi connectivity index (χ3n) is 11.8. The Morgan fingerprint density at radius 2 is 0.911 bits per heavy atom. The van der Waals surface area contributed by atoms with E-state index in [0.717, 1.165) is 11.1 Å². The van der Waals surface area contributed by atoms with Crippen LogP contribution in [0.25, 0.3) is 0 Å². The van der Waals surface area contributed by atoms with Gasteiger partial charge in [0.2, 0.25) is 24.8 Å². The standard InChI is InChI=1S/C58H91F4N4O12P/c1-54(2,3)74-47(68)37-63-26-27-64(38-48(69)75-55(4,5)6)30-31-66(40-50(71)77-57(10,11)12)43(36-65(29-28-63)39-49(70)76-56(7,8)9)34-42-24-22-41(23-25-42)20-19-33-79(72,78-58(13,14)15)32-18-16-17-21-46(67)73-53-51(61)44(59)35-45(60)52(53)62/h22-25,35,43H,16-21,26-34,36-40H2,1-15H3/t43-,79?/m1/s1. The van der Waals surface area contributed by atoms with Gasteiger partial charge in [-0.15, -0.1) is 0 Å². The summed E-state index contributed by atoms with van der Waals surface area (Å²) in [6.07, 6.45) is 2.71. The lowest BCUT2D eigenvalue weighted by atomic mass is 10.0. The van der Waals surface area contributed by atoms with Gasteiger partial charge in [-0.1, -0.05) is 30.7 Å². The molecule has 79 heavy (non-hydrogen) atoms. The number of benzene rings is 2. The number of carbonyl (C=O) groups is 5. The fourth-order valence-electron chi connectivity index (χ4n) is 8.76. The number of carbonyl (C=O) groups excluding carboxylic acids is 5. The normalized spacial score (nSPS) is 17.2. The number of hydrogen-bond donors (Lipinski definition) is 0. The van der Waals surface area contributed by atoms with Crippen LogP contribution in [0.2, 0.25) is 0 Å². The Hall–Kier alpha value is -4.46. The maximum absolute atomic E-state index is 14.3. The molecule has 0 aliphatic carbocycles. The monoisotopic (exact) mass is 1140 g/mol. The molecule has 1 heterocycles. The van der Waals surface area contributed by atoms with E-state index in [1.165, 1.54) is 0 Å². The van der Waals surface area contributed by atoms with Crippen LogP contribution in [0.5, 0.6) is 5.75 Å². The third kappa shape index (κ3) is 28.7. The summed E-state index contributed by atoms with van der Waals surface area (Å²) in [5, 5.41) is 0. The molecule has 2 aromatic carbocycles. The molecular weight excluding hydrogens is 1050 g/mol. The molecule has 0 radical (unpaired) electrons. The number of halogens is 4. The number of esters is 5. The first-order valence-electron chi connectivity index (χ1n) is 27.4. The number of hydrogen-bond acceptors (Lipinski definition) is 16. The molecule has 0 saturated carbocycles. The van der Waals surface area contributed by atoms with Crippen LogP contribution in [0.1, 0.15) is 147 Å². The fourth-order valence-corrected chi connectivity index (χ4v) is 11.5. The summed E-state index contributed by atoms with van der Waals surface area (Å²) in [7, 11) is -3.21. The molecule has 21 heteroatoms. The van der Waals surface area contributed by atoms with E-state index in [2.05, 4.69) is 4.74 Å². The molecule has 1 unspecified atom stereocenters. The molecule has 0 N–H and O–H groups in total. The van der Waals surface area contributed by atoms with Crippen molar-refractivity contribution in [3.05, 3.63) is 64.7 Å². The summed E-state index contributed by atoms with van der Waals surface area (Å²) < 4.78 is 104. The number of nitrogens with zero attached hydrogens (tertiary/aromatic N) is 4. The molecule has 0 aromatic heterocycles. The average Bonchev–Trinajstić information content (AvgIpc) is 3.25. The van der Waals surface area contributed by atoms with Gasteiger partial charge >= 0.3 is 29.8 Å². The predicted octanol–water partition coefficient (Wildman–Crippen LogP) is 9.93. The topological polar surface area (TPSA) is 171 Å². The number of aryl methyl sites for hydroxylation is 1. The predicted molar refractivity (Wildman–Crippen MR) is 295 cm³/mol. The van der Waals surface area contributed by atoms with Crippen LogP contribution in [-0.2, 0) is 64.9 Å². The zero-order valence-corrected chi connectivity index (χ0v) is 50.6. The summed E-state index contributed by atoms with van der Waals surface area (Å²) >= 11 is 0. The van der Waals surface area contributed by atoms with Gasteiger partial charge in [-0.3, -0.25) is 48.1 Å². The van der Waals surface area contributed by atoms with Crippen molar-refractivity contribution in [1.82, 2.24) is 19.6 Å². The molecule has 1 fully saturated rings. The first-order chi connectivity index (χ1) is 36.3. The van der Waals surface area contributed by atoms with E-state index >= 15 is 0 Å². The molecule has 1 aliphatic rings. The first kappa shape index (κ1) is 68.8. The van der Waals surface area contributed by atoms with E-state index in [-0.39, 0.29) is 57.4 Å². The Morgan fingerprint density at radius 3 is 1.37 bits per heavy atom. The highest BCUT2D eigenvalue weighted by Crippen LogP contribution is 2.52. The molecule has 16 nitrogen and oxygen atoms in total. The second-order valence-corrected chi connectivity index (χ2v) is 28.1. The van der Waals surface area contributed by atoms with Gasteiger partial charge in [0, 0.05) is 76.7 Å². The number of ether oxygens (including phenoxy) is 5. The number of unbranched alkanes of at least 4 members (excludes halogenated alkanes) is 2. The molecule has 0 bridgehead atoms. The van der Waals surface area contributed by atoms with Crippen molar-refractivity contribution in [3.63, 3.8) is 0 Å². The highest BCUT2D eigenvalue weighted by molar-refractivity contribution is 7.59. The molecule has 0 amide bonds. The minimum Gasteiger partial charge on any atom is -0.459 e. The van der Waals surface area contributed by atoms with Crippen molar-refractivity contribution in [1.29, 1.82) is 0 Å². The van der Waals surface area contributed by atoms with Gasteiger partial charge in [-0.05, 0) is 147 Å². The summed E-state index contributed by atoms with van der Waals surface area (Å²) in [4.78, 5) is 74.4. The maximum atomic E-state index is 14.3. The molecule has 1 aliphatic heterocycles. The minimum atomic E-state index is -3.21. The van der Waals surface area contributed by atoms with Gasteiger partial charge in [0.1, 0.15) is 22.4 Å². The molecule has 0 spiro atoms. The first-order valence-corrected chi connectivity index (χ1v) is 29.4. The van der Waals surface area contributed by atoms with Crippen LogP contribution in [0.3, 0.4) is 0 Å². The Balaban J connectivity index is 1.90. The second kappa shape index (κ2) is 30.0. The third-order valence-corrected chi connectivity index (χ3v) is 14.7. The average molecular weight is 1140 g/mol. The fraction of sp³-hybridized carbons (Fsp3) is 0.707. The maximum Gasteiger partial charge on any atom is 0.320 e. The molecular formula is C58H91F4N4O12P. The zero-order valence-electron chi connectivity index (χ0n) is 49.8. The van der Waals surface area contributed by atoms with Crippen LogP contribution < -0.4 is 4.74 Å². The lowest BCUT2D eigenvalue weighted by Gasteiger charge is -2.39. The van der Waals surface area contributed by atoms with Crippen molar-refractivity contribution in [2.45, 2.75) is 183 Å². The zero-order chi connectivity index (χ0) is 59.7. The quantitative estimate of drug-likeness (QED) is 0.0207. The minimum absolute atomic E-state index is 0.0242. The Bertz CT molecular complexity index is 2350. The Morgan fingerprint density at radius 1 is 0.506 bits per heavy atom. The van der Waals surface area contributed by atoms with E-state index in [0.29, 0.717) is 77.9 Å². The van der Waals surface area contributed by atoms with Crippen LogP contribution >= 0.6 is 7.37 Å². The molecule has 3 rings (SSSR count). The van der Waals surface area contributed by atoms with E-state index in [1.807, 2.05) is 64.6 Å². The van der Waals surface area contributed by atoms with Crippen LogP contribution in [0, 0.1) is 23.3 Å². The van der Waals surface area contributed by atoms with Gasteiger partial charge in [0.05, 0.1) is 31.8 Å². The summed E-state index contributed by atoms with van der Waals surface area (Å²) in [6.45, 7) is 29.3. The van der Waals surface area contributed by atoms with Crippen molar-refractivity contribution in [2.75, 3.05) is 84.3 Å². The lowest BCUT2D eigenvalue weighted by Crippen LogP contribution is -2.54. The SMILES string of the molecule is CC(C)(C)OC(=O)CN1CCN(CC(=O)OC(C)(C)C)CCN(CC(=O)OC(C)(C)C)[C@H](Cc2ccc(CCCP(=O)(CCCCCC(=O)Oc3c(F)c(F)cc(F)c3F)OC(C)(C)C)cc2)CN(CC(=O)OC(C)(C)C)CC1. The summed E-state index contributed by atoms with van der Waals surface area (Å²) in [5.41, 5.74) is -1.77. The van der Waals surface area contributed by atoms with Gasteiger partial charge in [0.15, 0.2) is 11.6 Å². The lowest BCUT2D eigenvalue weighted by molar-refractivity contribution is -0.160. The second-order valence-electron chi connectivity index (χ2n) is 25.4. The highest BCUT2D eigenvalue weighted by Gasteiger charge is 2.33. The van der Waals surface area contributed by atoms with Gasteiger partial charge < -0.3 is 28.2 Å². The van der Waals surface area contributed by atoms with Crippen LogP contribution in [0.15, 0.2) is 30.3 Å². The van der Waals surface area contributed by atoms with Gasteiger partial charge in [0.25, 0.3) is 0 Å². The van der Waals surface area contributed by atoms with Gasteiger partial charge in [-0.25, -0.2) is 8.78 Å². The number of rotatable bonds is 22. The van der Waals surface area contributed by atoms with E-state index in [1.54, 1.807) is 83.1 Å². The van der Waals surface area contributed by atoms with E-state index in [9.17, 15) is 46.1 Å².